The molecule has 1 aromatic carbocycles. The number of anilines is 2. The molecule has 0 spiro atoms. The minimum atomic E-state index is -0.332. The summed E-state index contributed by atoms with van der Waals surface area (Å²) < 4.78 is 0. The number of nitrogens with one attached hydrogen (secondary N) is 2. The van der Waals surface area contributed by atoms with Crippen LogP contribution in [0.1, 0.15) is 13.8 Å². The van der Waals surface area contributed by atoms with Crippen molar-refractivity contribution in [1.82, 2.24) is 10.3 Å². The third-order valence-electron chi connectivity index (χ3n) is 2.98. The summed E-state index contributed by atoms with van der Waals surface area (Å²) in [6.07, 6.45) is 3.47. The lowest BCUT2D eigenvalue weighted by atomic mass is 10.1. The molecule has 0 aliphatic heterocycles. The molecular formula is C14H18N4O. The van der Waals surface area contributed by atoms with Crippen LogP contribution in [0.5, 0.6) is 0 Å². The highest BCUT2D eigenvalue weighted by molar-refractivity contribution is 5.99. The first-order valence-corrected chi connectivity index (χ1v) is 6.30. The summed E-state index contributed by atoms with van der Waals surface area (Å²) in [4.78, 5) is 15.8. The van der Waals surface area contributed by atoms with Crippen molar-refractivity contribution in [1.29, 1.82) is 0 Å². The van der Waals surface area contributed by atoms with Gasteiger partial charge >= 0.3 is 0 Å². The second-order valence-corrected chi connectivity index (χ2v) is 4.38. The minimum Gasteiger partial charge on any atom is -0.397 e. The van der Waals surface area contributed by atoms with Crippen LogP contribution < -0.4 is 16.4 Å². The van der Waals surface area contributed by atoms with Gasteiger partial charge in [-0.25, -0.2) is 0 Å². The maximum absolute atomic E-state index is 11.7. The third-order valence-corrected chi connectivity index (χ3v) is 2.98. The average molecular weight is 258 g/mol. The average Bonchev–Trinajstić information content (AvgIpc) is 2.42. The quantitative estimate of drug-likeness (QED) is 0.730. The van der Waals surface area contributed by atoms with Crippen LogP contribution in [-0.2, 0) is 4.79 Å². The number of amides is 1. The normalized spacial score (nSPS) is 12.1. The Hall–Kier alpha value is -2.30. The first-order valence-electron chi connectivity index (χ1n) is 6.30. The topological polar surface area (TPSA) is 80.0 Å². The number of carbonyl (C=O) groups is 1. The van der Waals surface area contributed by atoms with Gasteiger partial charge in [-0.2, -0.15) is 0 Å². The Kier molecular flexibility index (Phi) is 3.85. The van der Waals surface area contributed by atoms with Gasteiger partial charge in [-0.15, -0.1) is 0 Å². The number of fused-ring (bicyclic) bond motifs is 1. The SMILES string of the molecule is CCNC(=O)C(C)Nc1ccc2cnccc2c1N. The van der Waals surface area contributed by atoms with Gasteiger partial charge < -0.3 is 16.4 Å². The van der Waals surface area contributed by atoms with Crippen molar-refractivity contribution < 1.29 is 4.79 Å². The standard InChI is InChI=1S/C14H18N4O/c1-3-17-14(19)9(2)18-12-5-4-10-8-16-7-6-11(10)13(12)15/h4-9,18H,3,15H2,1-2H3,(H,17,19). The van der Waals surface area contributed by atoms with E-state index in [0.717, 1.165) is 16.5 Å². The summed E-state index contributed by atoms with van der Waals surface area (Å²) in [5, 5.41) is 7.82. The Morgan fingerprint density at radius 1 is 1.42 bits per heavy atom. The van der Waals surface area contributed by atoms with Gasteiger partial charge in [0.2, 0.25) is 5.91 Å². The van der Waals surface area contributed by atoms with Crippen molar-refractivity contribution in [3.63, 3.8) is 0 Å². The smallest absolute Gasteiger partial charge is 0.242 e. The molecule has 0 saturated heterocycles. The van der Waals surface area contributed by atoms with Crippen LogP contribution >= 0.6 is 0 Å². The van der Waals surface area contributed by atoms with Gasteiger partial charge in [-0.3, -0.25) is 9.78 Å². The molecule has 100 valence electrons. The first-order chi connectivity index (χ1) is 9.13. The summed E-state index contributed by atoms with van der Waals surface area (Å²) in [5.41, 5.74) is 7.52. The Morgan fingerprint density at radius 2 is 2.21 bits per heavy atom. The van der Waals surface area contributed by atoms with E-state index in [-0.39, 0.29) is 11.9 Å². The van der Waals surface area contributed by atoms with Gasteiger partial charge in [-0.05, 0) is 26.0 Å². The van der Waals surface area contributed by atoms with Gasteiger partial charge in [0.1, 0.15) is 6.04 Å². The summed E-state index contributed by atoms with van der Waals surface area (Å²) in [7, 11) is 0. The van der Waals surface area contributed by atoms with Crippen molar-refractivity contribution in [3.05, 3.63) is 30.6 Å². The maximum Gasteiger partial charge on any atom is 0.242 e. The molecule has 5 nitrogen and oxygen atoms in total. The van der Waals surface area contributed by atoms with Gasteiger partial charge in [0, 0.05) is 29.7 Å². The number of nitrogens with zero attached hydrogens (tertiary/aromatic N) is 1. The van der Waals surface area contributed by atoms with Crippen LogP contribution in [0, 0.1) is 0 Å². The van der Waals surface area contributed by atoms with E-state index in [2.05, 4.69) is 15.6 Å². The lowest BCUT2D eigenvalue weighted by Crippen LogP contribution is -2.37. The molecule has 0 aliphatic carbocycles. The molecule has 0 aliphatic rings. The molecule has 1 heterocycles. The highest BCUT2D eigenvalue weighted by Crippen LogP contribution is 2.28. The lowest BCUT2D eigenvalue weighted by Gasteiger charge is -2.17. The van der Waals surface area contributed by atoms with E-state index in [9.17, 15) is 4.79 Å². The predicted octanol–water partition coefficient (Wildman–Crippen LogP) is 1.75. The lowest BCUT2D eigenvalue weighted by molar-refractivity contribution is -0.121. The molecule has 2 rings (SSSR count). The summed E-state index contributed by atoms with van der Waals surface area (Å²) >= 11 is 0. The molecule has 5 heteroatoms. The number of rotatable bonds is 4. The number of likely N-dealkylation sites (N-methyl/N-ethyl adjacent to an activating group) is 1. The van der Waals surface area contributed by atoms with Crippen LogP contribution in [-0.4, -0.2) is 23.5 Å². The van der Waals surface area contributed by atoms with Crippen molar-refractivity contribution in [2.45, 2.75) is 19.9 Å². The highest BCUT2D eigenvalue weighted by Gasteiger charge is 2.13. The van der Waals surface area contributed by atoms with Gasteiger partial charge in [-0.1, -0.05) is 6.07 Å². The van der Waals surface area contributed by atoms with E-state index in [1.807, 2.05) is 25.1 Å². The molecule has 1 atom stereocenters. The van der Waals surface area contributed by atoms with Crippen molar-refractivity contribution >= 4 is 28.1 Å². The molecule has 1 unspecified atom stereocenters. The molecular weight excluding hydrogens is 240 g/mol. The Morgan fingerprint density at radius 3 is 2.95 bits per heavy atom. The molecule has 0 radical (unpaired) electrons. The number of hydrogen-bond acceptors (Lipinski definition) is 4. The van der Waals surface area contributed by atoms with Gasteiger partial charge in [0.05, 0.1) is 11.4 Å². The third kappa shape index (κ3) is 2.76. The Labute approximate surface area is 112 Å². The van der Waals surface area contributed by atoms with E-state index >= 15 is 0 Å². The van der Waals surface area contributed by atoms with E-state index < -0.39 is 0 Å². The zero-order valence-electron chi connectivity index (χ0n) is 11.1. The van der Waals surface area contributed by atoms with Gasteiger partial charge in [0.15, 0.2) is 0 Å². The van der Waals surface area contributed by atoms with E-state index in [1.165, 1.54) is 0 Å². The van der Waals surface area contributed by atoms with E-state index in [0.29, 0.717) is 12.2 Å². The largest absolute Gasteiger partial charge is 0.397 e. The van der Waals surface area contributed by atoms with Crippen molar-refractivity contribution in [3.8, 4) is 0 Å². The van der Waals surface area contributed by atoms with Crippen LogP contribution in [0.4, 0.5) is 11.4 Å². The fourth-order valence-corrected chi connectivity index (χ4v) is 1.94. The van der Waals surface area contributed by atoms with Crippen molar-refractivity contribution in [2.75, 3.05) is 17.6 Å². The summed E-state index contributed by atoms with van der Waals surface area (Å²) in [5.74, 6) is -0.0447. The fraction of sp³-hybridized carbons (Fsp3) is 0.286. The second kappa shape index (κ2) is 5.56. The van der Waals surface area contributed by atoms with E-state index in [1.54, 1.807) is 19.3 Å². The van der Waals surface area contributed by atoms with Crippen LogP contribution in [0.15, 0.2) is 30.6 Å². The predicted molar refractivity (Wildman–Crippen MR) is 77.9 cm³/mol. The molecule has 1 amide bonds. The van der Waals surface area contributed by atoms with Crippen LogP contribution in [0.3, 0.4) is 0 Å². The first kappa shape index (κ1) is 13.1. The van der Waals surface area contributed by atoms with Crippen LogP contribution in [0.2, 0.25) is 0 Å². The summed E-state index contributed by atoms with van der Waals surface area (Å²) in [6.45, 7) is 4.31. The molecule has 19 heavy (non-hydrogen) atoms. The van der Waals surface area contributed by atoms with Crippen LogP contribution in [0.25, 0.3) is 10.8 Å². The second-order valence-electron chi connectivity index (χ2n) is 4.38. The number of nitrogens with two attached hydrogens (primary N) is 1. The molecule has 0 fully saturated rings. The summed E-state index contributed by atoms with van der Waals surface area (Å²) in [6, 6.07) is 5.34. The number of aromatic nitrogens is 1. The molecule has 1 aromatic heterocycles. The van der Waals surface area contributed by atoms with Gasteiger partial charge in [0.25, 0.3) is 0 Å². The minimum absolute atomic E-state index is 0.0447. The monoisotopic (exact) mass is 258 g/mol. The number of carbonyl (C=O) groups excluding carboxylic acids is 1. The number of hydrogen-bond donors (Lipinski definition) is 3. The van der Waals surface area contributed by atoms with E-state index in [4.69, 9.17) is 5.73 Å². The Bertz CT molecular complexity index is 597. The molecule has 0 bridgehead atoms. The zero-order valence-corrected chi connectivity index (χ0v) is 11.1. The Balaban J connectivity index is 2.26. The maximum atomic E-state index is 11.7. The number of nitrogen functional groups attached to an aromatic ring is 1. The highest BCUT2D eigenvalue weighted by atomic mass is 16.2. The molecule has 2 aromatic rings. The zero-order chi connectivity index (χ0) is 13.8. The van der Waals surface area contributed by atoms with Crippen molar-refractivity contribution in [2.24, 2.45) is 0 Å². The molecule has 0 saturated carbocycles. The number of pyridine rings is 1. The molecule has 4 N–H and O–H groups in total. The number of benzene rings is 1. The fourth-order valence-electron chi connectivity index (χ4n) is 1.94.